The third-order valence-electron chi connectivity index (χ3n) is 4.51. The van der Waals surface area contributed by atoms with E-state index in [4.69, 9.17) is 4.74 Å². The molecule has 3 rings (SSSR count). The van der Waals surface area contributed by atoms with Gasteiger partial charge in [0, 0.05) is 17.9 Å². The third kappa shape index (κ3) is 5.66. The van der Waals surface area contributed by atoms with Crippen molar-refractivity contribution in [3.63, 3.8) is 0 Å². The Kier molecular flexibility index (Phi) is 6.24. The van der Waals surface area contributed by atoms with Gasteiger partial charge in [0.2, 0.25) is 5.96 Å². The number of benzene rings is 2. The molecule has 0 aliphatic carbocycles. The van der Waals surface area contributed by atoms with Gasteiger partial charge in [0.15, 0.2) is 0 Å². The number of nitrogens with zero attached hydrogens (tertiary/aromatic N) is 1. The van der Waals surface area contributed by atoms with Crippen LogP contribution in [0.3, 0.4) is 0 Å². The van der Waals surface area contributed by atoms with Crippen molar-refractivity contribution in [3.05, 3.63) is 64.7 Å². The lowest BCUT2D eigenvalue weighted by atomic mass is 10.1. The average molecular weight is 365 g/mol. The molecule has 142 valence electrons. The fourth-order valence-corrected chi connectivity index (χ4v) is 3.16. The lowest BCUT2D eigenvalue weighted by molar-refractivity contribution is 0.0975. The molecule has 1 atom stereocenters. The van der Waals surface area contributed by atoms with Crippen LogP contribution in [0.15, 0.2) is 47.5 Å². The van der Waals surface area contributed by atoms with Crippen LogP contribution in [0, 0.1) is 20.8 Å². The molecule has 1 aliphatic rings. The first-order chi connectivity index (χ1) is 13.0. The summed E-state index contributed by atoms with van der Waals surface area (Å²) in [6, 6.07) is 13.7. The minimum Gasteiger partial charge on any atom is -0.376 e. The second-order valence-electron chi connectivity index (χ2n) is 7.15. The van der Waals surface area contributed by atoms with E-state index >= 15 is 0 Å². The van der Waals surface area contributed by atoms with Gasteiger partial charge in [-0.3, -0.25) is 10.1 Å². The molecule has 0 saturated carbocycles. The number of aliphatic imine (C=N–C) groups is 1. The smallest absolute Gasteiger partial charge is 0.257 e. The molecule has 1 saturated heterocycles. The van der Waals surface area contributed by atoms with Gasteiger partial charge < -0.3 is 10.1 Å². The summed E-state index contributed by atoms with van der Waals surface area (Å²) in [6.45, 7) is 7.41. The quantitative estimate of drug-likeness (QED) is 0.636. The summed E-state index contributed by atoms with van der Waals surface area (Å²) < 4.78 is 5.65. The maximum atomic E-state index is 12.6. The van der Waals surface area contributed by atoms with Crippen molar-refractivity contribution in [2.75, 3.05) is 18.5 Å². The Bertz CT molecular complexity index is 802. The summed E-state index contributed by atoms with van der Waals surface area (Å²) in [5, 5.41) is 6.17. The molecule has 2 aromatic rings. The highest BCUT2D eigenvalue weighted by molar-refractivity contribution is 6.10. The highest BCUT2D eigenvalue weighted by Gasteiger charge is 2.16. The van der Waals surface area contributed by atoms with Crippen LogP contribution in [0.5, 0.6) is 0 Å². The lowest BCUT2D eigenvalue weighted by Crippen LogP contribution is -2.36. The number of guanidine groups is 1. The van der Waals surface area contributed by atoms with Crippen molar-refractivity contribution >= 4 is 17.6 Å². The van der Waals surface area contributed by atoms with Gasteiger partial charge in [0.25, 0.3) is 5.91 Å². The molecule has 27 heavy (non-hydrogen) atoms. The van der Waals surface area contributed by atoms with Crippen LogP contribution in [-0.2, 0) is 4.74 Å². The van der Waals surface area contributed by atoms with E-state index < -0.39 is 0 Å². The van der Waals surface area contributed by atoms with Crippen molar-refractivity contribution in [2.24, 2.45) is 4.99 Å². The SMILES string of the molecule is Cc1ccc(C(=O)NC(=NC[C@@H]2CCCO2)Nc2cc(C)cc(C)c2)cc1. The van der Waals surface area contributed by atoms with E-state index in [0.29, 0.717) is 18.1 Å². The molecule has 0 aromatic heterocycles. The Labute approximate surface area is 160 Å². The lowest BCUT2D eigenvalue weighted by Gasteiger charge is -2.14. The number of carbonyl (C=O) groups excluding carboxylic acids is 1. The van der Waals surface area contributed by atoms with Gasteiger partial charge >= 0.3 is 0 Å². The predicted molar refractivity (Wildman–Crippen MR) is 109 cm³/mol. The van der Waals surface area contributed by atoms with Crippen LogP contribution >= 0.6 is 0 Å². The first kappa shape index (κ1) is 19.1. The van der Waals surface area contributed by atoms with Crippen molar-refractivity contribution < 1.29 is 9.53 Å². The van der Waals surface area contributed by atoms with Crippen LogP contribution in [0.4, 0.5) is 5.69 Å². The van der Waals surface area contributed by atoms with Crippen molar-refractivity contribution in [3.8, 4) is 0 Å². The number of aryl methyl sites for hydroxylation is 3. The average Bonchev–Trinajstić information content (AvgIpc) is 3.13. The topological polar surface area (TPSA) is 62.7 Å². The Hall–Kier alpha value is -2.66. The molecule has 0 unspecified atom stereocenters. The van der Waals surface area contributed by atoms with Crippen LogP contribution in [0.2, 0.25) is 0 Å². The molecule has 0 bridgehead atoms. The Morgan fingerprint density at radius 3 is 2.41 bits per heavy atom. The van der Waals surface area contributed by atoms with E-state index in [1.807, 2.05) is 57.2 Å². The third-order valence-corrected chi connectivity index (χ3v) is 4.51. The zero-order valence-electron chi connectivity index (χ0n) is 16.2. The highest BCUT2D eigenvalue weighted by atomic mass is 16.5. The van der Waals surface area contributed by atoms with Crippen LogP contribution < -0.4 is 10.6 Å². The first-order valence-corrected chi connectivity index (χ1v) is 9.39. The van der Waals surface area contributed by atoms with Gasteiger partial charge in [-0.1, -0.05) is 23.8 Å². The summed E-state index contributed by atoms with van der Waals surface area (Å²) in [6.07, 6.45) is 2.19. The van der Waals surface area contributed by atoms with E-state index in [-0.39, 0.29) is 12.0 Å². The minimum atomic E-state index is -0.182. The predicted octanol–water partition coefficient (Wildman–Crippen LogP) is 3.99. The molecule has 1 heterocycles. The fraction of sp³-hybridized carbons (Fsp3) is 0.364. The van der Waals surface area contributed by atoms with Crippen LogP contribution in [0.1, 0.15) is 39.9 Å². The summed E-state index contributed by atoms with van der Waals surface area (Å²) in [4.78, 5) is 17.2. The maximum absolute atomic E-state index is 12.6. The van der Waals surface area contributed by atoms with E-state index in [0.717, 1.165) is 41.8 Å². The molecular weight excluding hydrogens is 338 g/mol. The second-order valence-corrected chi connectivity index (χ2v) is 7.15. The maximum Gasteiger partial charge on any atom is 0.257 e. The number of hydrogen-bond acceptors (Lipinski definition) is 3. The zero-order chi connectivity index (χ0) is 19.2. The van der Waals surface area contributed by atoms with E-state index in [9.17, 15) is 4.79 Å². The number of anilines is 1. The summed E-state index contributed by atoms with van der Waals surface area (Å²) >= 11 is 0. The number of carbonyl (C=O) groups is 1. The largest absolute Gasteiger partial charge is 0.376 e. The molecule has 5 nitrogen and oxygen atoms in total. The minimum absolute atomic E-state index is 0.123. The van der Waals surface area contributed by atoms with E-state index in [2.05, 4.69) is 21.7 Å². The van der Waals surface area contributed by atoms with Gasteiger partial charge in [-0.05, 0) is 69.0 Å². The molecule has 1 aliphatic heterocycles. The van der Waals surface area contributed by atoms with Crippen molar-refractivity contribution in [2.45, 2.75) is 39.7 Å². The molecule has 2 aromatic carbocycles. The van der Waals surface area contributed by atoms with Crippen molar-refractivity contribution in [1.29, 1.82) is 0 Å². The molecule has 1 fully saturated rings. The fourth-order valence-electron chi connectivity index (χ4n) is 3.16. The number of amides is 1. The first-order valence-electron chi connectivity index (χ1n) is 9.39. The molecule has 1 amide bonds. The number of nitrogens with one attached hydrogen (secondary N) is 2. The Morgan fingerprint density at radius 1 is 1.07 bits per heavy atom. The van der Waals surface area contributed by atoms with Gasteiger partial charge in [-0.15, -0.1) is 0 Å². The molecular formula is C22H27N3O2. The monoisotopic (exact) mass is 365 g/mol. The summed E-state index contributed by atoms with van der Waals surface area (Å²) in [5.74, 6) is 0.263. The second kappa shape index (κ2) is 8.82. The number of rotatable bonds is 4. The van der Waals surface area contributed by atoms with E-state index in [1.165, 1.54) is 0 Å². The molecule has 0 radical (unpaired) electrons. The van der Waals surface area contributed by atoms with Gasteiger partial charge in [0.05, 0.1) is 12.6 Å². The van der Waals surface area contributed by atoms with Crippen LogP contribution in [-0.4, -0.2) is 31.1 Å². The highest BCUT2D eigenvalue weighted by Crippen LogP contribution is 2.15. The Morgan fingerprint density at radius 2 is 1.78 bits per heavy atom. The summed E-state index contributed by atoms with van der Waals surface area (Å²) in [7, 11) is 0. The molecule has 2 N–H and O–H groups in total. The number of ether oxygens (including phenoxy) is 1. The molecule has 5 heteroatoms. The Balaban J connectivity index is 1.76. The normalized spacial score (nSPS) is 17.0. The van der Waals surface area contributed by atoms with Gasteiger partial charge in [0.1, 0.15) is 0 Å². The summed E-state index contributed by atoms with van der Waals surface area (Å²) in [5.41, 5.74) is 4.93. The van der Waals surface area contributed by atoms with Gasteiger partial charge in [-0.2, -0.15) is 0 Å². The van der Waals surface area contributed by atoms with Crippen molar-refractivity contribution in [1.82, 2.24) is 5.32 Å². The molecule has 0 spiro atoms. The standard InChI is InChI=1S/C22H27N3O2/c1-15-6-8-18(9-7-15)21(26)25-22(23-14-20-5-4-10-27-20)24-19-12-16(2)11-17(3)13-19/h6-9,11-13,20H,4-5,10,14H2,1-3H3,(H2,23,24,25,26)/t20-/m0/s1. The van der Waals surface area contributed by atoms with Gasteiger partial charge in [-0.25, -0.2) is 4.99 Å². The van der Waals surface area contributed by atoms with Crippen LogP contribution in [0.25, 0.3) is 0 Å². The zero-order valence-corrected chi connectivity index (χ0v) is 16.2. The number of hydrogen-bond donors (Lipinski definition) is 2. The van der Waals surface area contributed by atoms with E-state index in [1.54, 1.807) is 0 Å².